The Kier molecular flexibility index (Phi) is 10.0. The first-order valence-corrected chi connectivity index (χ1v) is 14.3. The van der Waals surface area contributed by atoms with Crippen LogP contribution >= 0.6 is 62.2 Å². The molecule has 1 aromatic heterocycles. The van der Waals surface area contributed by atoms with Crippen molar-refractivity contribution in [2.24, 2.45) is 5.10 Å². The Morgan fingerprint density at radius 1 is 1.24 bits per heavy atom. The summed E-state index contributed by atoms with van der Waals surface area (Å²) in [6, 6.07) is 15.3. The van der Waals surface area contributed by atoms with Gasteiger partial charge in [0, 0.05) is 21.5 Å². The van der Waals surface area contributed by atoms with Gasteiger partial charge in [0.1, 0.15) is 12.4 Å². The van der Waals surface area contributed by atoms with E-state index in [0.717, 1.165) is 15.6 Å². The van der Waals surface area contributed by atoms with Gasteiger partial charge in [0.25, 0.3) is 5.91 Å². The number of nitrogens with one attached hydrogen (secondary N) is 1. The van der Waals surface area contributed by atoms with Gasteiger partial charge < -0.3 is 9.47 Å². The average molecular weight is 655 g/mol. The molecule has 0 aliphatic rings. The van der Waals surface area contributed by atoms with Gasteiger partial charge in [-0.05, 0) is 57.9 Å². The third-order valence-corrected chi connectivity index (χ3v) is 8.24. The second-order valence-corrected chi connectivity index (χ2v) is 11.4. The molecular formula is C26H19BrCl2FN3O3S2. The predicted octanol–water partition coefficient (Wildman–Crippen LogP) is 7.85. The van der Waals surface area contributed by atoms with Crippen molar-refractivity contribution in [1.82, 2.24) is 10.4 Å². The van der Waals surface area contributed by atoms with Crippen molar-refractivity contribution < 1.29 is 18.7 Å². The largest absolute Gasteiger partial charge is 0.493 e. The Morgan fingerprint density at radius 3 is 2.76 bits per heavy atom. The minimum Gasteiger partial charge on any atom is -0.493 e. The fraction of sp³-hybridized carbons (Fsp3) is 0.115. The Labute approximate surface area is 245 Å². The lowest BCUT2D eigenvalue weighted by molar-refractivity contribution is -0.118. The number of methoxy groups -OCH3 is 1. The second-order valence-electron chi connectivity index (χ2n) is 7.61. The number of hydrogen-bond donors (Lipinski definition) is 1. The minimum absolute atomic E-state index is 0.0814. The van der Waals surface area contributed by atoms with E-state index in [4.69, 9.17) is 32.7 Å². The van der Waals surface area contributed by atoms with E-state index in [0.29, 0.717) is 26.6 Å². The number of halogens is 4. The molecule has 0 fully saturated rings. The number of ether oxygens (including phenoxy) is 2. The van der Waals surface area contributed by atoms with Crippen LogP contribution in [0.5, 0.6) is 11.5 Å². The highest BCUT2D eigenvalue weighted by molar-refractivity contribution is 9.10. The van der Waals surface area contributed by atoms with E-state index in [1.165, 1.54) is 48.6 Å². The molecule has 1 amide bonds. The lowest BCUT2D eigenvalue weighted by Crippen LogP contribution is -2.19. The maximum atomic E-state index is 14.1. The maximum absolute atomic E-state index is 14.1. The van der Waals surface area contributed by atoms with Crippen LogP contribution in [-0.2, 0) is 11.4 Å². The van der Waals surface area contributed by atoms with Gasteiger partial charge in [0.05, 0.1) is 34.3 Å². The SMILES string of the molecule is COc1cc(/C=N/NC(=O)CSc2nc(-c3ccc(Cl)cc3)cs2)cc(Br)c1OCc1c(F)cccc1Cl. The zero-order chi connectivity index (χ0) is 27.1. The molecule has 3 aromatic carbocycles. The third-order valence-electron chi connectivity index (χ3n) is 5.03. The lowest BCUT2D eigenvalue weighted by Gasteiger charge is -2.14. The summed E-state index contributed by atoms with van der Waals surface area (Å²) in [5, 5.41) is 6.90. The molecule has 38 heavy (non-hydrogen) atoms. The second kappa shape index (κ2) is 13.4. The number of carbonyl (C=O) groups excluding carboxylic acids is 1. The standard InChI is InChI=1S/C26H19BrCl2FN3O3S2/c1-35-23-10-15(9-19(27)25(23)36-12-18-20(29)3-2-4-21(18)30)11-31-33-24(34)14-38-26-32-22(13-37-26)16-5-7-17(28)8-6-16/h2-11,13H,12,14H2,1H3,(H,33,34)/b31-11+. The monoisotopic (exact) mass is 653 g/mol. The first-order chi connectivity index (χ1) is 18.3. The molecule has 0 spiro atoms. The molecule has 0 saturated heterocycles. The number of benzene rings is 3. The van der Waals surface area contributed by atoms with Crippen LogP contribution in [0.3, 0.4) is 0 Å². The predicted molar refractivity (Wildman–Crippen MR) is 155 cm³/mol. The molecule has 196 valence electrons. The molecule has 4 aromatic rings. The number of amides is 1. The highest BCUT2D eigenvalue weighted by Gasteiger charge is 2.14. The van der Waals surface area contributed by atoms with Crippen LogP contribution in [0.1, 0.15) is 11.1 Å². The summed E-state index contributed by atoms with van der Waals surface area (Å²) in [5.41, 5.74) is 5.18. The summed E-state index contributed by atoms with van der Waals surface area (Å²) in [6.07, 6.45) is 1.48. The van der Waals surface area contributed by atoms with E-state index in [9.17, 15) is 9.18 Å². The van der Waals surface area contributed by atoms with Gasteiger partial charge in [0.2, 0.25) is 0 Å². The summed E-state index contributed by atoms with van der Waals surface area (Å²) >= 11 is 18.3. The summed E-state index contributed by atoms with van der Waals surface area (Å²) < 4.78 is 26.6. The van der Waals surface area contributed by atoms with E-state index in [1.807, 2.05) is 29.6 Å². The van der Waals surface area contributed by atoms with Crippen molar-refractivity contribution in [3.63, 3.8) is 0 Å². The van der Waals surface area contributed by atoms with Crippen LogP contribution in [0.4, 0.5) is 4.39 Å². The van der Waals surface area contributed by atoms with Crippen LogP contribution in [0.15, 0.2) is 73.9 Å². The Balaban J connectivity index is 1.32. The summed E-state index contributed by atoms with van der Waals surface area (Å²) in [6.45, 7) is -0.0814. The molecule has 6 nitrogen and oxygen atoms in total. The van der Waals surface area contributed by atoms with Crippen LogP contribution in [-0.4, -0.2) is 30.0 Å². The van der Waals surface area contributed by atoms with Gasteiger partial charge in [-0.2, -0.15) is 5.10 Å². The highest BCUT2D eigenvalue weighted by Crippen LogP contribution is 2.37. The Morgan fingerprint density at radius 2 is 2.03 bits per heavy atom. The Bertz CT molecular complexity index is 1450. The maximum Gasteiger partial charge on any atom is 0.250 e. The van der Waals surface area contributed by atoms with Crippen LogP contribution in [0, 0.1) is 5.82 Å². The van der Waals surface area contributed by atoms with Gasteiger partial charge in [-0.1, -0.05) is 53.2 Å². The molecule has 0 radical (unpaired) electrons. The van der Waals surface area contributed by atoms with Gasteiger partial charge in [-0.15, -0.1) is 11.3 Å². The van der Waals surface area contributed by atoms with Crippen LogP contribution in [0.25, 0.3) is 11.3 Å². The van der Waals surface area contributed by atoms with Gasteiger partial charge in [-0.3, -0.25) is 4.79 Å². The average Bonchev–Trinajstić information content (AvgIpc) is 3.37. The zero-order valence-corrected chi connectivity index (χ0v) is 24.4. The number of thiazole rings is 1. The summed E-state index contributed by atoms with van der Waals surface area (Å²) in [4.78, 5) is 16.8. The van der Waals surface area contributed by atoms with E-state index >= 15 is 0 Å². The molecule has 0 unspecified atom stereocenters. The number of aromatic nitrogens is 1. The van der Waals surface area contributed by atoms with Gasteiger partial charge in [-0.25, -0.2) is 14.8 Å². The fourth-order valence-corrected chi connectivity index (χ4v) is 5.73. The molecule has 0 aliphatic carbocycles. The van der Waals surface area contributed by atoms with E-state index in [-0.39, 0.29) is 28.9 Å². The smallest absolute Gasteiger partial charge is 0.250 e. The number of rotatable bonds is 10. The molecule has 0 saturated carbocycles. The van der Waals surface area contributed by atoms with Crippen molar-refractivity contribution >= 4 is 74.4 Å². The topological polar surface area (TPSA) is 72.8 Å². The first-order valence-electron chi connectivity index (χ1n) is 10.9. The van der Waals surface area contributed by atoms with Gasteiger partial charge >= 0.3 is 0 Å². The number of carbonyl (C=O) groups is 1. The lowest BCUT2D eigenvalue weighted by atomic mass is 10.2. The molecule has 0 aliphatic heterocycles. The molecule has 12 heteroatoms. The summed E-state index contributed by atoms with van der Waals surface area (Å²) in [7, 11) is 1.49. The van der Waals surface area contributed by atoms with Crippen molar-refractivity contribution in [3.8, 4) is 22.8 Å². The number of hydrazone groups is 1. The van der Waals surface area contributed by atoms with E-state index in [2.05, 4.69) is 31.4 Å². The quantitative estimate of drug-likeness (QED) is 0.107. The van der Waals surface area contributed by atoms with Gasteiger partial charge in [0.15, 0.2) is 15.8 Å². The van der Waals surface area contributed by atoms with E-state index in [1.54, 1.807) is 18.2 Å². The van der Waals surface area contributed by atoms with Crippen LogP contribution in [0.2, 0.25) is 10.0 Å². The number of thioether (sulfide) groups is 1. The van der Waals surface area contributed by atoms with Crippen molar-refractivity contribution in [1.29, 1.82) is 0 Å². The van der Waals surface area contributed by atoms with Crippen molar-refractivity contribution in [3.05, 3.63) is 91.4 Å². The molecule has 0 atom stereocenters. The fourth-order valence-electron chi connectivity index (χ4n) is 3.18. The molecule has 1 heterocycles. The molecule has 0 bridgehead atoms. The van der Waals surface area contributed by atoms with Crippen molar-refractivity contribution in [2.75, 3.05) is 12.9 Å². The molecular weight excluding hydrogens is 636 g/mol. The number of nitrogens with zero attached hydrogens (tertiary/aromatic N) is 2. The van der Waals surface area contributed by atoms with E-state index < -0.39 is 5.82 Å². The zero-order valence-electron chi connectivity index (χ0n) is 19.7. The summed E-state index contributed by atoms with van der Waals surface area (Å²) in [5.74, 6) is 0.203. The molecule has 1 N–H and O–H groups in total. The normalized spacial score (nSPS) is 11.1. The van der Waals surface area contributed by atoms with Crippen molar-refractivity contribution in [2.45, 2.75) is 10.9 Å². The molecule has 4 rings (SSSR count). The highest BCUT2D eigenvalue weighted by atomic mass is 79.9. The minimum atomic E-state index is -0.456. The Hall–Kier alpha value is -2.63. The third kappa shape index (κ3) is 7.48. The first kappa shape index (κ1) is 28.4. The van der Waals surface area contributed by atoms with Crippen LogP contribution < -0.4 is 14.9 Å². The number of hydrogen-bond acceptors (Lipinski definition) is 7.